The van der Waals surface area contributed by atoms with Gasteiger partial charge in [0.15, 0.2) is 23.4 Å². The maximum atomic E-state index is 7.19. The molecule has 12 heteroatoms. The summed E-state index contributed by atoms with van der Waals surface area (Å²) in [6, 6.07) is 0. The molecule has 4 unspecified atom stereocenters. The maximum Gasteiger partial charge on any atom is 0.269 e. The molecule has 0 N–H and O–H groups in total. The minimum absolute atomic E-state index is 0.192. The van der Waals surface area contributed by atoms with Crippen molar-refractivity contribution in [2.75, 3.05) is 66.1 Å². The zero-order valence-electron chi connectivity index (χ0n) is 35.2. The lowest BCUT2D eigenvalue weighted by atomic mass is 9.52. The van der Waals surface area contributed by atoms with Gasteiger partial charge in [-0.25, -0.2) is 0 Å². The van der Waals surface area contributed by atoms with Crippen LogP contribution in [0.25, 0.3) is 0 Å². The highest BCUT2D eigenvalue weighted by Gasteiger charge is 2.85. The molecule has 0 bridgehead atoms. The van der Waals surface area contributed by atoms with E-state index in [2.05, 4.69) is 0 Å². The van der Waals surface area contributed by atoms with Crippen LogP contribution in [0.2, 0.25) is 0 Å². The topological polar surface area (TPSA) is 111 Å². The molecule has 2 rings (SSSR count). The standard InChI is InChI=1S/C41H72O12/c1-15-31-42-33-27-29-36(44-17-3,40(50-23-9,51-24-10)38(33,46-19-5)47-20-6)35(13,14)37(45-18-4)30-28-34(43-32-16-2)39(48-21-7,49-22-8)41(37,52-25-11)53-26-12/h15-16,27-34H,17-26H2,1-14H3. The summed E-state index contributed by atoms with van der Waals surface area (Å²) in [4.78, 5) is 0. The molecule has 0 fully saturated rings. The van der Waals surface area contributed by atoms with Crippen LogP contribution in [-0.2, 0) is 56.8 Å². The van der Waals surface area contributed by atoms with Gasteiger partial charge in [0.2, 0.25) is 0 Å². The van der Waals surface area contributed by atoms with Crippen molar-refractivity contribution in [3.8, 4) is 0 Å². The second kappa shape index (κ2) is 20.9. The normalized spacial score (nSPS) is 27.5. The van der Waals surface area contributed by atoms with E-state index in [0.717, 1.165) is 0 Å². The van der Waals surface area contributed by atoms with Crippen LogP contribution in [-0.4, -0.2) is 113 Å². The first kappa shape index (κ1) is 47.3. The Hall–Kier alpha value is -1.84. The monoisotopic (exact) mass is 757 g/mol. The molecule has 2 aliphatic carbocycles. The zero-order valence-corrected chi connectivity index (χ0v) is 35.2. The Bertz CT molecular complexity index is 1070. The lowest BCUT2D eigenvalue weighted by Gasteiger charge is -2.69. The molecule has 0 aromatic rings. The zero-order chi connectivity index (χ0) is 39.9. The van der Waals surface area contributed by atoms with Crippen molar-refractivity contribution in [3.05, 3.63) is 49.0 Å². The van der Waals surface area contributed by atoms with E-state index < -0.39 is 52.0 Å². The van der Waals surface area contributed by atoms with E-state index in [9.17, 15) is 0 Å². The summed E-state index contributed by atoms with van der Waals surface area (Å²) in [5.74, 6) is -7.14. The van der Waals surface area contributed by atoms with E-state index >= 15 is 0 Å². The van der Waals surface area contributed by atoms with Crippen molar-refractivity contribution >= 4 is 0 Å². The van der Waals surface area contributed by atoms with Gasteiger partial charge in [-0.2, -0.15) is 0 Å². The van der Waals surface area contributed by atoms with E-state index in [4.69, 9.17) is 56.8 Å². The van der Waals surface area contributed by atoms with Crippen LogP contribution in [0.1, 0.15) is 96.9 Å². The Morgan fingerprint density at radius 2 is 0.698 bits per heavy atom. The predicted molar refractivity (Wildman–Crippen MR) is 204 cm³/mol. The summed E-state index contributed by atoms with van der Waals surface area (Å²) in [7, 11) is 0. The predicted octanol–water partition coefficient (Wildman–Crippen LogP) is 7.62. The summed E-state index contributed by atoms with van der Waals surface area (Å²) < 4.78 is 82.3. The summed E-state index contributed by atoms with van der Waals surface area (Å²) >= 11 is 0. The minimum atomic E-state index is -1.85. The fourth-order valence-corrected chi connectivity index (χ4v) is 8.40. The largest absolute Gasteiger partial charge is 0.488 e. The molecule has 12 nitrogen and oxygen atoms in total. The Balaban J connectivity index is 3.48. The van der Waals surface area contributed by atoms with Crippen LogP contribution in [0.4, 0.5) is 0 Å². The highest BCUT2D eigenvalue weighted by atomic mass is 16.8. The average molecular weight is 757 g/mol. The SMILES string of the molecule is CC=COC1C=CC(OCC)(C(C)(C)C2(OCC)C=CC(OC=CC)C(OCC)(OCC)C2(OCC)OCC)C(OCC)(OCC)C1(OCC)OCC. The highest BCUT2D eigenvalue weighted by Crippen LogP contribution is 2.66. The van der Waals surface area contributed by atoms with Crippen molar-refractivity contribution in [3.63, 3.8) is 0 Å². The molecule has 2 aliphatic rings. The Kier molecular flexibility index (Phi) is 18.7. The fourth-order valence-electron chi connectivity index (χ4n) is 8.40. The van der Waals surface area contributed by atoms with Crippen molar-refractivity contribution in [2.45, 2.75) is 143 Å². The number of allylic oxidation sites excluding steroid dienone is 2. The molecule has 53 heavy (non-hydrogen) atoms. The average Bonchev–Trinajstić information content (AvgIpc) is 3.12. The van der Waals surface area contributed by atoms with Gasteiger partial charge in [-0.05, 0) is 107 Å². The third-order valence-corrected chi connectivity index (χ3v) is 9.80. The van der Waals surface area contributed by atoms with Gasteiger partial charge >= 0.3 is 0 Å². The third-order valence-electron chi connectivity index (χ3n) is 9.80. The first-order valence-electron chi connectivity index (χ1n) is 19.8. The molecule has 0 amide bonds. The Morgan fingerprint density at radius 1 is 0.434 bits per heavy atom. The molecular weight excluding hydrogens is 684 g/mol. The summed E-state index contributed by atoms with van der Waals surface area (Å²) in [5, 5.41) is 0. The number of ether oxygens (including phenoxy) is 12. The molecular formula is C41H72O12. The van der Waals surface area contributed by atoms with Crippen LogP contribution >= 0.6 is 0 Å². The Morgan fingerprint density at radius 3 is 0.925 bits per heavy atom. The molecule has 0 spiro atoms. The second-order valence-electron chi connectivity index (χ2n) is 12.8. The number of hydrogen-bond donors (Lipinski definition) is 0. The summed E-state index contributed by atoms with van der Waals surface area (Å²) in [5.41, 5.74) is -4.54. The van der Waals surface area contributed by atoms with Gasteiger partial charge < -0.3 is 56.8 Å². The lowest BCUT2D eigenvalue weighted by molar-refractivity contribution is -0.505. The molecule has 308 valence electrons. The fraction of sp³-hybridized carbons (Fsp3) is 0.805. The first-order valence-corrected chi connectivity index (χ1v) is 19.8. The second-order valence-corrected chi connectivity index (χ2v) is 12.8. The molecule has 0 saturated heterocycles. The first-order chi connectivity index (χ1) is 25.4. The van der Waals surface area contributed by atoms with E-state index in [-0.39, 0.29) is 66.1 Å². The van der Waals surface area contributed by atoms with Crippen LogP contribution < -0.4 is 0 Å². The maximum absolute atomic E-state index is 7.19. The van der Waals surface area contributed by atoms with E-state index in [0.29, 0.717) is 0 Å². The quantitative estimate of drug-likeness (QED) is 0.0492. The molecule has 0 heterocycles. The van der Waals surface area contributed by atoms with E-state index in [1.54, 1.807) is 24.7 Å². The van der Waals surface area contributed by atoms with Gasteiger partial charge in [0.1, 0.15) is 0 Å². The van der Waals surface area contributed by atoms with E-state index in [1.807, 2.05) is 121 Å². The lowest BCUT2D eigenvalue weighted by Crippen LogP contribution is -2.88. The van der Waals surface area contributed by atoms with E-state index in [1.165, 1.54) is 0 Å². The van der Waals surface area contributed by atoms with Gasteiger partial charge in [0.05, 0.1) is 12.5 Å². The van der Waals surface area contributed by atoms with Crippen LogP contribution in [0.5, 0.6) is 0 Å². The van der Waals surface area contributed by atoms with Gasteiger partial charge in [0, 0.05) is 71.5 Å². The number of rotatable bonds is 26. The van der Waals surface area contributed by atoms with Crippen LogP contribution in [0, 0.1) is 5.41 Å². The number of hydrogen-bond acceptors (Lipinski definition) is 12. The molecule has 0 aromatic carbocycles. The van der Waals surface area contributed by atoms with Crippen LogP contribution in [0.3, 0.4) is 0 Å². The van der Waals surface area contributed by atoms with Crippen molar-refractivity contribution in [1.29, 1.82) is 0 Å². The van der Waals surface area contributed by atoms with Crippen molar-refractivity contribution in [2.24, 2.45) is 5.41 Å². The smallest absolute Gasteiger partial charge is 0.269 e. The van der Waals surface area contributed by atoms with Crippen molar-refractivity contribution < 1.29 is 56.8 Å². The molecule has 0 radical (unpaired) electrons. The molecule has 4 atom stereocenters. The van der Waals surface area contributed by atoms with Gasteiger partial charge in [-0.3, -0.25) is 0 Å². The van der Waals surface area contributed by atoms with Crippen LogP contribution in [0.15, 0.2) is 49.0 Å². The van der Waals surface area contributed by atoms with Gasteiger partial charge in [-0.15, -0.1) is 0 Å². The molecule has 0 saturated carbocycles. The molecule has 0 aliphatic heterocycles. The Labute approximate surface area is 320 Å². The minimum Gasteiger partial charge on any atom is -0.488 e. The summed E-state index contributed by atoms with van der Waals surface area (Å²) in [6.45, 7) is 29.0. The van der Waals surface area contributed by atoms with Crippen molar-refractivity contribution in [1.82, 2.24) is 0 Å². The van der Waals surface area contributed by atoms with Gasteiger partial charge in [-0.1, -0.05) is 26.0 Å². The molecule has 0 aromatic heterocycles. The highest BCUT2D eigenvalue weighted by molar-refractivity contribution is 5.39. The van der Waals surface area contributed by atoms with Gasteiger partial charge in [0.25, 0.3) is 23.1 Å². The summed E-state index contributed by atoms with van der Waals surface area (Å²) in [6.07, 6.45) is 12.8. The third kappa shape index (κ3) is 7.55.